The highest BCUT2D eigenvalue weighted by Gasteiger charge is 2.29. The van der Waals surface area contributed by atoms with Crippen LogP contribution >= 0.6 is 0 Å². The molecule has 1 aliphatic rings. The summed E-state index contributed by atoms with van der Waals surface area (Å²) in [6.45, 7) is 8.76. The molecule has 0 aromatic heterocycles. The van der Waals surface area contributed by atoms with Crippen molar-refractivity contribution in [2.24, 2.45) is 0 Å². The summed E-state index contributed by atoms with van der Waals surface area (Å²) in [6, 6.07) is 6.10. The average Bonchev–Trinajstić information content (AvgIpc) is 2.56. The third-order valence-corrected chi connectivity index (χ3v) is 4.26. The molecule has 0 saturated carbocycles. The molecule has 0 atom stereocenters. The summed E-state index contributed by atoms with van der Waals surface area (Å²) < 4.78 is 10.5. The molecule has 1 aromatic carbocycles. The molecule has 0 unspecified atom stereocenters. The van der Waals surface area contributed by atoms with Crippen molar-refractivity contribution in [2.45, 2.75) is 46.1 Å². The third kappa shape index (κ3) is 5.21. The molecule has 6 heteroatoms. The minimum atomic E-state index is -0.611. The number of fused-ring (bicyclic) bond motifs is 1. The van der Waals surface area contributed by atoms with Crippen molar-refractivity contribution >= 4 is 17.7 Å². The van der Waals surface area contributed by atoms with Gasteiger partial charge in [-0.25, -0.2) is 4.79 Å². The van der Waals surface area contributed by atoms with Gasteiger partial charge in [-0.05, 0) is 51.7 Å². The number of rotatable bonds is 5. The number of anilines is 1. The molecular weight excluding hydrogens is 332 g/mol. The normalized spacial score (nSPS) is 14.0. The van der Waals surface area contributed by atoms with Gasteiger partial charge >= 0.3 is 6.09 Å². The molecule has 26 heavy (non-hydrogen) atoms. The number of carbonyl (C=O) groups excluding carboxylic acids is 2. The largest absolute Gasteiger partial charge is 0.444 e. The number of aryl methyl sites for hydroxylation is 2. The van der Waals surface area contributed by atoms with Gasteiger partial charge in [0.15, 0.2) is 0 Å². The standard InChI is InChI=1S/C20H30N2O4/c1-15-8-6-9-16-10-7-11-22(18(15)16)17(23)14-21(12-13-25-5)19(24)26-20(2,3)4/h6,8-9H,7,10-14H2,1-5H3. The van der Waals surface area contributed by atoms with Crippen LogP contribution in [-0.2, 0) is 20.7 Å². The first-order valence-corrected chi connectivity index (χ1v) is 9.08. The molecule has 0 radical (unpaired) electrons. The van der Waals surface area contributed by atoms with Crippen molar-refractivity contribution in [2.75, 3.05) is 38.3 Å². The van der Waals surface area contributed by atoms with Crippen LogP contribution in [0.25, 0.3) is 0 Å². The summed E-state index contributed by atoms with van der Waals surface area (Å²) in [7, 11) is 1.57. The van der Waals surface area contributed by atoms with Gasteiger partial charge in [-0.1, -0.05) is 18.2 Å². The molecule has 2 amide bonds. The fourth-order valence-electron chi connectivity index (χ4n) is 3.11. The molecule has 2 rings (SSSR count). The zero-order valence-electron chi connectivity index (χ0n) is 16.5. The van der Waals surface area contributed by atoms with Crippen LogP contribution in [-0.4, -0.2) is 55.9 Å². The molecule has 1 heterocycles. The number of carbonyl (C=O) groups is 2. The molecular formula is C20H30N2O4. The Morgan fingerprint density at radius 1 is 1.27 bits per heavy atom. The van der Waals surface area contributed by atoms with Gasteiger partial charge in [-0.15, -0.1) is 0 Å². The molecule has 0 N–H and O–H groups in total. The topological polar surface area (TPSA) is 59.1 Å². The monoisotopic (exact) mass is 362 g/mol. The van der Waals surface area contributed by atoms with E-state index in [-0.39, 0.29) is 12.5 Å². The molecule has 0 saturated heterocycles. The quantitative estimate of drug-likeness (QED) is 0.807. The molecule has 1 aliphatic heterocycles. The Morgan fingerprint density at radius 2 is 2.00 bits per heavy atom. The van der Waals surface area contributed by atoms with Crippen LogP contribution in [0.5, 0.6) is 0 Å². The second-order valence-corrected chi connectivity index (χ2v) is 7.63. The van der Waals surface area contributed by atoms with Crippen molar-refractivity contribution < 1.29 is 19.1 Å². The van der Waals surface area contributed by atoms with Crippen LogP contribution < -0.4 is 4.90 Å². The number of amides is 2. The van der Waals surface area contributed by atoms with Gasteiger partial charge < -0.3 is 14.4 Å². The van der Waals surface area contributed by atoms with E-state index in [9.17, 15) is 9.59 Å². The molecule has 1 aromatic rings. The van der Waals surface area contributed by atoms with Gasteiger partial charge in [0, 0.05) is 25.9 Å². The molecule has 144 valence electrons. The lowest BCUT2D eigenvalue weighted by molar-refractivity contribution is -0.120. The number of benzene rings is 1. The molecule has 0 aliphatic carbocycles. The highest BCUT2D eigenvalue weighted by Crippen LogP contribution is 2.30. The zero-order valence-corrected chi connectivity index (χ0v) is 16.5. The van der Waals surface area contributed by atoms with Gasteiger partial charge in [0.25, 0.3) is 0 Å². The van der Waals surface area contributed by atoms with Crippen molar-refractivity contribution in [1.29, 1.82) is 0 Å². The fraction of sp³-hybridized carbons (Fsp3) is 0.600. The lowest BCUT2D eigenvalue weighted by atomic mass is 9.98. The van der Waals surface area contributed by atoms with E-state index >= 15 is 0 Å². The summed E-state index contributed by atoms with van der Waals surface area (Å²) in [5, 5.41) is 0. The Labute approximate surface area is 156 Å². The van der Waals surface area contributed by atoms with E-state index in [2.05, 4.69) is 6.07 Å². The van der Waals surface area contributed by atoms with E-state index in [0.717, 1.165) is 24.1 Å². The van der Waals surface area contributed by atoms with Crippen LogP contribution in [0, 0.1) is 6.92 Å². The smallest absolute Gasteiger partial charge is 0.410 e. The van der Waals surface area contributed by atoms with Crippen molar-refractivity contribution in [3.63, 3.8) is 0 Å². The molecule has 0 spiro atoms. The Kier molecular flexibility index (Phi) is 6.64. The van der Waals surface area contributed by atoms with E-state index in [1.165, 1.54) is 10.5 Å². The minimum absolute atomic E-state index is 0.0218. The van der Waals surface area contributed by atoms with E-state index in [0.29, 0.717) is 19.7 Å². The molecule has 0 bridgehead atoms. The van der Waals surface area contributed by atoms with E-state index < -0.39 is 11.7 Å². The summed E-state index contributed by atoms with van der Waals surface area (Å²) in [4.78, 5) is 28.7. The van der Waals surface area contributed by atoms with Gasteiger partial charge in [0.05, 0.1) is 6.61 Å². The average molecular weight is 362 g/mol. The van der Waals surface area contributed by atoms with E-state index in [1.807, 2.05) is 39.8 Å². The Bertz CT molecular complexity index is 652. The van der Waals surface area contributed by atoms with Gasteiger partial charge in [0.2, 0.25) is 5.91 Å². The second kappa shape index (κ2) is 8.54. The van der Waals surface area contributed by atoms with Crippen LogP contribution in [0.4, 0.5) is 10.5 Å². The maximum absolute atomic E-state index is 13.0. The Balaban J connectivity index is 2.16. The lowest BCUT2D eigenvalue weighted by Crippen LogP contribution is -2.47. The fourth-order valence-corrected chi connectivity index (χ4v) is 3.11. The summed E-state index contributed by atoms with van der Waals surface area (Å²) in [6.07, 6.45) is 1.40. The molecule has 0 fully saturated rings. The Morgan fingerprint density at radius 3 is 2.65 bits per heavy atom. The maximum Gasteiger partial charge on any atom is 0.410 e. The van der Waals surface area contributed by atoms with Crippen LogP contribution in [0.15, 0.2) is 18.2 Å². The van der Waals surface area contributed by atoms with Crippen LogP contribution in [0.1, 0.15) is 38.3 Å². The second-order valence-electron chi connectivity index (χ2n) is 7.63. The number of nitrogens with zero attached hydrogens (tertiary/aromatic N) is 2. The van der Waals surface area contributed by atoms with Gasteiger partial charge in [0.1, 0.15) is 12.1 Å². The maximum atomic E-state index is 13.0. The minimum Gasteiger partial charge on any atom is -0.444 e. The van der Waals surface area contributed by atoms with Crippen LogP contribution in [0.2, 0.25) is 0 Å². The highest BCUT2D eigenvalue weighted by molar-refractivity contribution is 5.98. The summed E-state index contributed by atoms with van der Waals surface area (Å²) in [5.41, 5.74) is 2.64. The van der Waals surface area contributed by atoms with Crippen LogP contribution in [0.3, 0.4) is 0 Å². The first-order valence-electron chi connectivity index (χ1n) is 9.08. The number of methoxy groups -OCH3 is 1. The zero-order chi connectivity index (χ0) is 19.3. The number of hydrogen-bond acceptors (Lipinski definition) is 4. The third-order valence-electron chi connectivity index (χ3n) is 4.26. The summed E-state index contributed by atoms with van der Waals surface area (Å²) >= 11 is 0. The van der Waals surface area contributed by atoms with Gasteiger partial charge in [-0.3, -0.25) is 9.69 Å². The van der Waals surface area contributed by atoms with Crippen molar-refractivity contribution in [3.05, 3.63) is 29.3 Å². The SMILES string of the molecule is COCCN(CC(=O)N1CCCc2cccc(C)c21)C(=O)OC(C)(C)C. The number of hydrogen-bond donors (Lipinski definition) is 0. The highest BCUT2D eigenvalue weighted by atomic mass is 16.6. The van der Waals surface area contributed by atoms with Gasteiger partial charge in [-0.2, -0.15) is 0 Å². The molecule has 6 nitrogen and oxygen atoms in total. The first-order chi connectivity index (χ1) is 12.2. The van der Waals surface area contributed by atoms with Crippen molar-refractivity contribution in [3.8, 4) is 0 Å². The number of ether oxygens (including phenoxy) is 2. The lowest BCUT2D eigenvalue weighted by Gasteiger charge is -2.33. The Hall–Kier alpha value is -2.08. The van der Waals surface area contributed by atoms with E-state index in [1.54, 1.807) is 12.0 Å². The van der Waals surface area contributed by atoms with E-state index in [4.69, 9.17) is 9.47 Å². The van der Waals surface area contributed by atoms with Crippen molar-refractivity contribution in [1.82, 2.24) is 4.90 Å². The predicted octanol–water partition coefficient (Wildman–Crippen LogP) is 3.16. The summed E-state index contributed by atoms with van der Waals surface area (Å²) in [5.74, 6) is -0.0952. The first kappa shape index (κ1) is 20.2. The number of para-hydroxylation sites is 1. The predicted molar refractivity (Wildman–Crippen MR) is 102 cm³/mol.